The minimum absolute atomic E-state index is 0. The van der Waals surface area contributed by atoms with Gasteiger partial charge in [0.2, 0.25) is 0 Å². The Morgan fingerprint density at radius 3 is 2.50 bits per heavy atom. The molecule has 0 heterocycles. The molecule has 0 radical (unpaired) electrons. The third-order valence-corrected chi connectivity index (χ3v) is 1.16. The van der Waals surface area contributed by atoms with Crippen molar-refractivity contribution >= 4 is 6.09 Å². The van der Waals surface area contributed by atoms with Crippen molar-refractivity contribution in [2.75, 3.05) is 7.11 Å². The first-order valence-corrected chi connectivity index (χ1v) is 3.05. The first-order valence-electron chi connectivity index (χ1n) is 3.05. The standard InChI is InChI=1S/C6H13NO2.H2O/c1-4-5(2)7-6(8)9-3;/h5H,4H2,1-3H3,(H,7,8);1H2. The Morgan fingerprint density at radius 2 is 2.20 bits per heavy atom. The second kappa shape index (κ2) is 6.35. The zero-order chi connectivity index (χ0) is 7.28. The lowest BCUT2D eigenvalue weighted by Gasteiger charge is -2.08. The Kier molecular flexibility index (Phi) is 7.60. The second-order valence-electron chi connectivity index (χ2n) is 1.95. The Labute approximate surface area is 60.9 Å². The number of carbonyl (C=O) groups excluding carboxylic acids is 1. The number of rotatable bonds is 2. The number of hydrogen-bond acceptors (Lipinski definition) is 2. The molecule has 0 aromatic rings. The van der Waals surface area contributed by atoms with Crippen LogP contribution in [0.15, 0.2) is 0 Å². The number of hydrogen-bond donors (Lipinski definition) is 1. The summed E-state index contributed by atoms with van der Waals surface area (Å²) in [5.74, 6) is 0. The number of methoxy groups -OCH3 is 1. The van der Waals surface area contributed by atoms with E-state index in [2.05, 4.69) is 10.1 Å². The maximum atomic E-state index is 10.4. The number of ether oxygens (including phenoxy) is 1. The molecule has 0 aliphatic carbocycles. The van der Waals surface area contributed by atoms with Gasteiger partial charge in [-0.2, -0.15) is 0 Å². The average molecular weight is 149 g/mol. The van der Waals surface area contributed by atoms with Crippen molar-refractivity contribution in [2.24, 2.45) is 0 Å². The molecular weight excluding hydrogens is 134 g/mol. The summed E-state index contributed by atoms with van der Waals surface area (Å²) in [6, 6.07) is 0.206. The zero-order valence-corrected chi connectivity index (χ0v) is 6.60. The summed E-state index contributed by atoms with van der Waals surface area (Å²) in [4.78, 5) is 10.4. The monoisotopic (exact) mass is 149 g/mol. The van der Waals surface area contributed by atoms with Crippen LogP contribution < -0.4 is 5.32 Å². The van der Waals surface area contributed by atoms with Crippen LogP contribution in [0.25, 0.3) is 0 Å². The van der Waals surface area contributed by atoms with Crippen molar-refractivity contribution in [2.45, 2.75) is 26.3 Å². The van der Waals surface area contributed by atoms with Gasteiger partial charge in [-0.15, -0.1) is 0 Å². The summed E-state index contributed by atoms with van der Waals surface area (Å²) in [6.07, 6.45) is 0.569. The lowest BCUT2D eigenvalue weighted by Crippen LogP contribution is -2.31. The van der Waals surface area contributed by atoms with Gasteiger partial charge in [0.25, 0.3) is 0 Å². The molecule has 0 aromatic heterocycles. The van der Waals surface area contributed by atoms with E-state index in [0.717, 1.165) is 6.42 Å². The third kappa shape index (κ3) is 5.37. The smallest absolute Gasteiger partial charge is 0.407 e. The molecule has 4 heteroatoms. The molecule has 1 unspecified atom stereocenters. The van der Waals surface area contributed by atoms with E-state index in [1.165, 1.54) is 7.11 Å². The van der Waals surface area contributed by atoms with Gasteiger partial charge < -0.3 is 15.5 Å². The number of carbonyl (C=O) groups is 1. The van der Waals surface area contributed by atoms with Crippen molar-refractivity contribution in [1.29, 1.82) is 0 Å². The topological polar surface area (TPSA) is 69.8 Å². The molecule has 4 nitrogen and oxygen atoms in total. The lowest BCUT2D eigenvalue weighted by molar-refractivity contribution is 0.167. The van der Waals surface area contributed by atoms with Gasteiger partial charge in [0, 0.05) is 6.04 Å². The van der Waals surface area contributed by atoms with Crippen LogP contribution in [0.4, 0.5) is 4.79 Å². The van der Waals surface area contributed by atoms with Gasteiger partial charge in [-0.05, 0) is 13.3 Å². The minimum Gasteiger partial charge on any atom is -0.453 e. The molecule has 3 N–H and O–H groups in total. The molecule has 0 rings (SSSR count). The molecule has 0 fully saturated rings. The van der Waals surface area contributed by atoms with Crippen molar-refractivity contribution in [1.82, 2.24) is 5.32 Å². The van der Waals surface area contributed by atoms with Gasteiger partial charge in [-0.1, -0.05) is 6.92 Å². The third-order valence-electron chi connectivity index (χ3n) is 1.16. The molecule has 0 aliphatic heterocycles. The van der Waals surface area contributed by atoms with Crippen LogP contribution in [0, 0.1) is 0 Å². The van der Waals surface area contributed by atoms with Crippen LogP contribution in [0.1, 0.15) is 20.3 Å². The number of amides is 1. The molecule has 0 aromatic carbocycles. The highest BCUT2D eigenvalue weighted by Crippen LogP contribution is 1.87. The fourth-order valence-electron chi connectivity index (χ4n) is 0.362. The van der Waals surface area contributed by atoms with Gasteiger partial charge >= 0.3 is 6.09 Å². The Morgan fingerprint density at radius 1 is 1.70 bits per heavy atom. The summed E-state index contributed by atoms with van der Waals surface area (Å²) in [5.41, 5.74) is 0. The van der Waals surface area contributed by atoms with Gasteiger partial charge in [0.15, 0.2) is 0 Å². The fourth-order valence-corrected chi connectivity index (χ4v) is 0.362. The van der Waals surface area contributed by atoms with Gasteiger partial charge in [-0.3, -0.25) is 0 Å². The minimum atomic E-state index is -0.357. The normalized spacial score (nSPS) is 11.1. The van der Waals surface area contributed by atoms with E-state index in [-0.39, 0.29) is 17.6 Å². The van der Waals surface area contributed by atoms with Crippen LogP contribution in [0.5, 0.6) is 0 Å². The summed E-state index contributed by atoms with van der Waals surface area (Å²) < 4.78 is 4.37. The predicted molar refractivity (Wildman–Crippen MR) is 38.9 cm³/mol. The summed E-state index contributed by atoms with van der Waals surface area (Å²) in [5, 5.41) is 2.62. The van der Waals surface area contributed by atoms with E-state index >= 15 is 0 Å². The molecule has 1 amide bonds. The average Bonchev–Trinajstić information content (AvgIpc) is 1.87. The SMILES string of the molecule is CCC(C)NC(=O)OC.O. The molecule has 10 heavy (non-hydrogen) atoms. The highest BCUT2D eigenvalue weighted by atomic mass is 16.5. The molecule has 0 saturated heterocycles. The fraction of sp³-hybridized carbons (Fsp3) is 0.833. The highest BCUT2D eigenvalue weighted by Gasteiger charge is 2.01. The molecule has 62 valence electrons. The van der Waals surface area contributed by atoms with Crippen LogP contribution in [0.2, 0.25) is 0 Å². The Bertz CT molecular complexity index is 95.0. The highest BCUT2D eigenvalue weighted by molar-refractivity contribution is 5.67. The largest absolute Gasteiger partial charge is 0.453 e. The first kappa shape index (κ1) is 12.0. The predicted octanol–water partition coefficient (Wildman–Crippen LogP) is 0.316. The van der Waals surface area contributed by atoms with Crippen molar-refractivity contribution < 1.29 is 15.0 Å². The molecule has 0 bridgehead atoms. The van der Waals surface area contributed by atoms with Crippen LogP contribution >= 0.6 is 0 Å². The van der Waals surface area contributed by atoms with Gasteiger partial charge in [0.1, 0.15) is 0 Å². The van der Waals surface area contributed by atoms with E-state index < -0.39 is 0 Å². The van der Waals surface area contributed by atoms with Crippen LogP contribution in [-0.4, -0.2) is 24.7 Å². The summed E-state index contributed by atoms with van der Waals surface area (Å²) >= 11 is 0. The molecule has 0 saturated carbocycles. The maximum Gasteiger partial charge on any atom is 0.407 e. The Balaban J connectivity index is 0. The van der Waals surface area contributed by atoms with Gasteiger partial charge in [0.05, 0.1) is 7.11 Å². The van der Waals surface area contributed by atoms with Crippen molar-refractivity contribution in [3.05, 3.63) is 0 Å². The first-order chi connectivity index (χ1) is 4.20. The molecule has 1 atom stereocenters. The summed E-state index contributed by atoms with van der Waals surface area (Å²) in [7, 11) is 1.36. The van der Waals surface area contributed by atoms with Crippen LogP contribution in [-0.2, 0) is 4.74 Å². The molecule has 0 aliphatic rings. The van der Waals surface area contributed by atoms with Crippen molar-refractivity contribution in [3.8, 4) is 0 Å². The lowest BCUT2D eigenvalue weighted by atomic mass is 10.3. The van der Waals surface area contributed by atoms with E-state index in [1.807, 2.05) is 13.8 Å². The molecular formula is C6H15NO3. The number of nitrogens with one attached hydrogen (secondary N) is 1. The van der Waals surface area contributed by atoms with E-state index in [4.69, 9.17) is 0 Å². The van der Waals surface area contributed by atoms with Crippen molar-refractivity contribution in [3.63, 3.8) is 0 Å². The molecule has 0 spiro atoms. The van der Waals surface area contributed by atoms with E-state index in [0.29, 0.717) is 0 Å². The maximum absolute atomic E-state index is 10.4. The Hall–Kier alpha value is -0.770. The zero-order valence-electron chi connectivity index (χ0n) is 6.60. The van der Waals surface area contributed by atoms with E-state index in [9.17, 15) is 4.79 Å². The number of alkyl carbamates (subject to hydrolysis) is 1. The quantitative estimate of drug-likeness (QED) is 0.614. The summed E-state index contributed by atoms with van der Waals surface area (Å²) in [6.45, 7) is 3.93. The van der Waals surface area contributed by atoms with Crippen LogP contribution in [0.3, 0.4) is 0 Å². The van der Waals surface area contributed by atoms with Gasteiger partial charge in [-0.25, -0.2) is 4.79 Å². The second-order valence-corrected chi connectivity index (χ2v) is 1.95. The van der Waals surface area contributed by atoms with E-state index in [1.54, 1.807) is 0 Å².